The van der Waals surface area contributed by atoms with Gasteiger partial charge in [0.2, 0.25) is 0 Å². The number of methoxy groups -OCH3 is 1. The zero-order valence-corrected chi connectivity index (χ0v) is 7.59. The third-order valence-corrected chi connectivity index (χ3v) is 1.13. The van der Waals surface area contributed by atoms with Crippen molar-refractivity contribution in [3.63, 3.8) is 0 Å². The number of hydrogen-bond donors (Lipinski definition) is 1. The van der Waals surface area contributed by atoms with Gasteiger partial charge in [-0.25, -0.2) is 4.79 Å². The molecule has 0 atom stereocenters. The first-order valence-electron chi connectivity index (χ1n) is 3.95. The van der Waals surface area contributed by atoms with Crippen LogP contribution in [-0.2, 0) is 4.74 Å². The van der Waals surface area contributed by atoms with Crippen LogP contribution in [-0.4, -0.2) is 18.4 Å². The van der Waals surface area contributed by atoms with Crippen LogP contribution >= 0.6 is 0 Å². The molecule has 3 heteroatoms. The van der Waals surface area contributed by atoms with E-state index in [0.29, 0.717) is 0 Å². The topological polar surface area (TPSA) is 46.5 Å². The second-order valence-electron chi connectivity index (χ2n) is 2.18. The lowest BCUT2D eigenvalue weighted by molar-refractivity contribution is 0.114. The summed E-state index contributed by atoms with van der Waals surface area (Å²) < 4.78 is 3.67. The summed E-state index contributed by atoms with van der Waals surface area (Å²) in [6.45, 7) is 4.46. The van der Waals surface area contributed by atoms with Crippen LogP contribution in [0.25, 0.3) is 0 Å². The highest BCUT2D eigenvalue weighted by atomic mass is 16.6. The van der Waals surface area contributed by atoms with Crippen molar-refractivity contribution in [2.45, 2.75) is 39.5 Å². The first kappa shape index (κ1) is 12.9. The molecule has 0 aliphatic heterocycles. The summed E-state index contributed by atoms with van der Waals surface area (Å²) in [5.74, 6) is 0. The van der Waals surface area contributed by atoms with Gasteiger partial charge in [-0.2, -0.15) is 0 Å². The molecule has 1 N–H and O–H groups in total. The van der Waals surface area contributed by atoms with E-state index in [9.17, 15) is 0 Å². The summed E-state index contributed by atoms with van der Waals surface area (Å²) in [5.41, 5.74) is 0. The predicted octanol–water partition coefficient (Wildman–Crippen LogP) is 2.90. The van der Waals surface area contributed by atoms with E-state index in [0.717, 1.165) is 7.11 Å². The van der Waals surface area contributed by atoms with E-state index >= 15 is 0 Å². The fourth-order valence-corrected chi connectivity index (χ4v) is 0.500. The molecule has 0 saturated heterocycles. The molecular formula is C8H18O3. The molecule has 68 valence electrons. The largest absolute Gasteiger partial charge is 0.505 e. The Hall–Kier alpha value is -0.730. The predicted molar refractivity (Wildman–Crippen MR) is 44.8 cm³/mol. The molecule has 11 heavy (non-hydrogen) atoms. The monoisotopic (exact) mass is 162 g/mol. The van der Waals surface area contributed by atoms with Crippen LogP contribution in [0.5, 0.6) is 0 Å². The van der Waals surface area contributed by atoms with E-state index in [-0.39, 0.29) is 0 Å². The lowest BCUT2D eigenvalue weighted by Gasteiger charge is -1.86. The smallest absolute Gasteiger partial charge is 0.450 e. The summed E-state index contributed by atoms with van der Waals surface area (Å²) in [6.07, 6.45) is 4.29. The average molecular weight is 162 g/mol. The molecule has 0 heterocycles. The average Bonchev–Trinajstić information content (AvgIpc) is 2.02. The quantitative estimate of drug-likeness (QED) is 0.512. The molecule has 0 rings (SSSR count). The molecule has 0 aromatic heterocycles. The van der Waals surface area contributed by atoms with Gasteiger partial charge in [-0.05, 0) is 0 Å². The molecule has 0 unspecified atom stereocenters. The highest BCUT2D eigenvalue weighted by molar-refractivity contribution is 5.56. The molecule has 0 spiro atoms. The first-order chi connectivity index (χ1) is 5.18. The van der Waals surface area contributed by atoms with Gasteiger partial charge in [-0.3, -0.25) is 0 Å². The van der Waals surface area contributed by atoms with E-state index in [1.807, 2.05) is 0 Å². The second kappa shape index (κ2) is 12.0. The van der Waals surface area contributed by atoms with Crippen LogP contribution in [0.1, 0.15) is 39.5 Å². The zero-order valence-electron chi connectivity index (χ0n) is 7.59. The summed E-state index contributed by atoms with van der Waals surface area (Å²) in [6, 6.07) is 0. The van der Waals surface area contributed by atoms with E-state index in [4.69, 9.17) is 9.90 Å². The van der Waals surface area contributed by atoms with Crippen LogP contribution in [0.4, 0.5) is 4.79 Å². The van der Waals surface area contributed by atoms with Gasteiger partial charge in [0.25, 0.3) is 0 Å². The molecule has 0 bridgehead atoms. The van der Waals surface area contributed by atoms with Gasteiger partial charge >= 0.3 is 6.16 Å². The minimum Gasteiger partial charge on any atom is -0.450 e. The van der Waals surface area contributed by atoms with E-state index in [1.165, 1.54) is 25.7 Å². The maximum absolute atomic E-state index is 9.15. The van der Waals surface area contributed by atoms with Gasteiger partial charge in [0.1, 0.15) is 0 Å². The molecule has 0 saturated carbocycles. The standard InChI is InChI=1S/C6H14.C2H4O3/c1-3-5-6-4-2;1-5-2(3)4/h3-6H2,1-2H3;1H3,(H,3,4). The number of carbonyl (C=O) groups is 1. The minimum absolute atomic E-state index is 1.10. The third-order valence-electron chi connectivity index (χ3n) is 1.13. The van der Waals surface area contributed by atoms with Crippen LogP contribution in [0.3, 0.4) is 0 Å². The van der Waals surface area contributed by atoms with Gasteiger partial charge in [-0.1, -0.05) is 39.5 Å². The van der Waals surface area contributed by atoms with Crippen molar-refractivity contribution in [1.82, 2.24) is 0 Å². The Bertz CT molecular complexity index is 77.4. The first-order valence-corrected chi connectivity index (χ1v) is 3.95. The van der Waals surface area contributed by atoms with Crippen molar-refractivity contribution in [3.05, 3.63) is 0 Å². The minimum atomic E-state index is -1.25. The molecule has 0 aliphatic rings. The lowest BCUT2D eigenvalue weighted by Crippen LogP contribution is -1.91. The van der Waals surface area contributed by atoms with E-state index < -0.39 is 6.16 Å². The van der Waals surface area contributed by atoms with E-state index in [2.05, 4.69) is 18.6 Å². The van der Waals surface area contributed by atoms with E-state index in [1.54, 1.807) is 0 Å². The van der Waals surface area contributed by atoms with Gasteiger partial charge in [0.15, 0.2) is 0 Å². The molecular weight excluding hydrogens is 144 g/mol. The van der Waals surface area contributed by atoms with Gasteiger partial charge in [0.05, 0.1) is 7.11 Å². The SMILES string of the molecule is CCCCCC.COC(=O)O. The van der Waals surface area contributed by atoms with Crippen LogP contribution < -0.4 is 0 Å². The summed E-state index contributed by atoms with van der Waals surface area (Å²) in [5, 5.41) is 7.50. The number of ether oxygens (including phenoxy) is 1. The maximum atomic E-state index is 9.15. The van der Waals surface area contributed by atoms with Crippen molar-refractivity contribution >= 4 is 6.16 Å². The zero-order chi connectivity index (χ0) is 9.11. The van der Waals surface area contributed by atoms with Crippen LogP contribution in [0.2, 0.25) is 0 Å². The molecule has 0 radical (unpaired) electrons. The number of rotatable bonds is 3. The van der Waals surface area contributed by atoms with Crippen molar-refractivity contribution in [3.8, 4) is 0 Å². The Morgan fingerprint density at radius 3 is 1.64 bits per heavy atom. The fraction of sp³-hybridized carbons (Fsp3) is 0.875. The van der Waals surface area contributed by atoms with Crippen molar-refractivity contribution in [2.24, 2.45) is 0 Å². The Labute approximate surface area is 68.4 Å². The normalized spacial score (nSPS) is 7.91. The third kappa shape index (κ3) is 26.9. The second-order valence-corrected chi connectivity index (χ2v) is 2.18. The maximum Gasteiger partial charge on any atom is 0.505 e. The molecule has 3 nitrogen and oxygen atoms in total. The van der Waals surface area contributed by atoms with Crippen molar-refractivity contribution < 1.29 is 14.6 Å². The highest BCUT2D eigenvalue weighted by Gasteiger charge is 1.80. The Balaban J connectivity index is 0. The van der Waals surface area contributed by atoms with Gasteiger partial charge in [-0.15, -0.1) is 0 Å². The highest BCUT2D eigenvalue weighted by Crippen LogP contribution is 1.95. The Kier molecular flexibility index (Phi) is 14.1. The molecule has 0 amide bonds. The molecule has 0 aliphatic carbocycles. The lowest BCUT2D eigenvalue weighted by atomic mass is 10.2. The number of hydrogen-bond acceptors (Lipinski definition) is 2. The number of unbranched alkanes of at least 4 members (excludes halogenated alkanes) is 3. The fourth-order valence-electron chi connectivity index (χ4n) is 0.500. The van der Waals surface area contributed by atoms with Crippen molar-refractivity contribution in [2.75, 3.05) is 7.11 Å². The summed E-state index contributed by atoms with van der Waals surface area (Å²) in [7, 11) is 1.10. The molecule has 0 aromatic rings. The van der Waals surface area contributed by atoms with Crippen molar-refractivity contribution in [1.29, 1.82) is 0 Å². The van der Waals surface area contributed by atoms with Crippen LogP contribution in [0, 0.1) is 0 Å². The Morgan fingerprint density at radius 1 is 1.27 bits per heavy atom. The molecule has 0 fully saturated rings. The molecule has 0 aromatic carbocycles. The van der Waals surface area contributed by atoms with Gasteiger partial charge in [0, 0.05) is 0 Å². The van der Waals surface area contributed by atoms with Crippen LogP contribution in [0.15, 0.2) is 0 Å². The number of carboxylic acid groups (broad SMARTS) is 1. The summed E-state index contributed by atoms with van der Waals surface area (Å²) >= 11 is 0. The van der Waals surface area contributed by atoms with Gasteiger partial charge < -0.3 is 9.84 Å². The Morgan fingerprint density at radius 2 is 1.55 bits per heavy atom. The summed E-state index contributed by atoms with van der Waals surface area (Å²) in [4.78, 5) is 9.15.